The molecule has 0 saturated carbocycles. The number of hydrogen-bond donors (Lipinski definition) is 2. The molecule has 2 N–H and O–H groups in total. The van der Waals surface area contributed by atoms with E-state index in [0.717, 1.165) is 12.8 Å². The molecule has 2 aromatic rings. The Bertz CT molecular complexity index is 753. The van der Waals surface area contributed by atoms with Gasteiger partial charge in [-0.05, 0) is 43.2 Å². The standard InChI is InChI=1S/C18H21FN4OS/c19-15-4-2-1-3-12(15)10-17-22-23-18(25-17)21-16(24)9-11-7-13-5-6-14(8-11)20-13/h1-4,11,13-14,20H,5-10H2,(H,21,23,24). The number of amides is 1. The SMILES string of the molecule is O=C(CC1CC2CCC(C1)N2)Nc1nnc(Cc2ccccc2F)s1. The van der Waals surface area contributed by atoms with E-state index in [1.54, 1.807) is 18.2 Å². The smallest absolute Gasteiger partial charge is 0.226 e. The van der Waals surface area contributed by atoms with Gasteiger partial charge in [-0.2, -0.15) is 0 Å². The lowest BCUT2D eigenvalue weighted by molar-refractivity contribution is -0.117. The summed E-state index contributed by atoms with van der Waals surface area (Å²) >= 11 is 1.31. The molecule has 25 heavy (non-hydrogen) atoms. The molecule has 2 fully saturated rings. The zero-order valence-electron chi connectivity index (χ0n) is 13.9. The van der Waals surface area contributed by atoms with E-state index in [-0.39, 0.29) is 11.7 Å². The molecule has 2 unspecified atom stereocenters. The first-order valence-corrected chi connectivity index (χ1v) is 9.59. The molecule has 0 aliphatic carbocycles. The third-order valence-corrected chi connectivity index (χ3v) is 5.90. The minimum absolute atomic E-state index is 0.000100. The maximum atomic E-state index is 13.7. The van der Waals surface area contributed by atoms with Crippen LogP contribution in [0.3, 0.4) is 0 Å². The summed E-state index contributed by atoms with van der Waals surface area (Å²) in [5.74, 6) is 0.202. The molecule has 3 heterocycles. The van der Waals surface area contributed by atoms with Gasteiger partial charge < -0.3 is 10.6 Å². The number of benzene rings is 1. The molecule has 5 nitrogen and oxygen atoms in total. The number of carbonyl (C=O) groups excluding carboxylic acids is 1. The summed E-state index contributed by atoms with van der Waals surface area (Å²) in [5.41, 5.74) is 0.585. The van der Waals surface area contributed by atoms with Gasteiger partial charge in [0.15, 0.2) is 0 Å². The van der Waals surface area contributed by atoms with Crippen LogP contribution in [0.1, 0.15) is 42.7 Å². The van der Waals surface area contributed by atoms with Gasteiger partial charge in [0.1, 0.15) is 10.8 Å². The van der Waals surface area contributed by atoms with Crippen molar-refractivity contribution in [2.24, 2.45) is 5.92 Å². The van der Waals surface area contributed by atoms with Gasteiger partial charge in [0.05, 0.1) is 0 Å². The van der Waals surface area contributed by atoms with Crippen molar-refractivity contribution in [2.75, 3.05) is 5.32 Å². The first-order valence-electron chi connectivity index (χ1n) is 8.77. The first-order chi connectivity index (χ1) is 12.2. The molecule has 2 bridgehead atoms. The van der Waals surface area contributed by atoms with Crippen LogP contribution >= 0.6 is 11.3 Å². The van der Waals surface area contributed by atoms with E-state index in [0.29, 0.717) is 46.5 Å². The molecule has 1 aromatic heterocycles. The number of rotatable bonds is 5. The lowest BCUT2D eigenvalue weighted by Crippen LogP contribution is -2.39. The topological polar surface area (TPSA) is 66.9 Å². The highest BCUT2D eigenvalue weighted by atomic mass is 32.1. The molecule has 1 aromatic carbocycles. The first kappa shape index (κ1) is 16.6. The van der Waals surface area contributed by atoms with Gasteiger partial charge >= 0.3 is 0 Å². The summed E-state index contributed by atoms with van der Waals surface area (Å²) < 4.78 is 13.7. The number of fused-ring (bicyclic) bond motifs is 2. The average molecular weight is 360 g/mol. The van der Waals surface area contributed by atoms with Crippen LogP contribution in [0.25, 0.3) is 0 Å². The Labute approximate surface area is 150 Å². The summed E-state index contributed by atoms with van der Waals surface area (Å²) in [6, 6.07) is 7.81. The minimum Gasteiger partial charge on any atom is -0.311 e. The number of nitrogens with zero attached hydrogens (tertiary/aromatic N) is 2. The van der Waals surface area contributed by atoms with E-state index in [1.165, 1.54) is 30.2 Å². The second-order valence-corrected chi connectivity index (χ2v) is 8.06. The monoisotopic (exact) mass is 360 g/mol. The number of piperidine rings is 1. The summed E-state index contributed by atoms with van der Waals surface area (Å²) in [6.45, 7) is 0. The molecular weight excluding hydrogens is 339 g/mol. The second-order valence-electron chi connectivity index (χ2n) is 7.00. The summed E-state index contributed by atoms with van der Waals surface area (Å²) in [6.07, 6.45) is 5.56. The van der Waals surface area contributed by atoms with Crippen LogP contribution in [0, 0.1) is 11.7 Å². The fraction of sp³-hybridized carbons (Fsp3) is 0.500. The fourth-order valence-electron chi connectivity index (χ4n) is 3.95. The van der Waals surface area contributed by atoms with Gasteiger partial charge in [0.25, 0.3) is 0 Å². The van der Waals surface area contributed by atoms with Crippen molar-refractivity contribution in [2.45, 2.75) is 50.6 Å². The van der Waals surface area contributed by atoms with Crippen molar-refractivity contribution in [3.05, 3.63) is 40.7 Å². The Morgan fingerprint density at radius 1 is 1.24 bits per heavy atom. The third kappa shape index (κ3) is 4.04. The van der Waals surface area contributed by atoms with E-state index in [2.05, 4.69) is 20.8 Å². The molecule has 2 atom stereocenters. The molecule has 2 aliphatic rings. The van der Waals surface area contributed by atoms with Crippen molar-refractivity contribution in [3.8, 4) is 0 Å². The Morgan fingerprint density at radius 2 is 2.00 bits per heavy atom. The molecule has 0 spiro atoms. The number of carbonyl (C=O) groups is 1. The number of hydrogen-bond acceptors (Lipinski definition) is 5. The molecule has 4 rings (SSSR count). The van der Waals surface area contributed by atoms with E-state index in [1.807, 2.05) is 0 Å². The molecule has 7 heteroatoms. The van der Waals surface area contributed by atoms with E-state index >= 15 is 0 Å². The summed E-state index contributed by atoms with van der Waals surface area (Å²) in [4.78, 5) is 12.3. The number of anilines is 1. The molecule has 0 radical (unpaired) electrons. The van der Waals surface area contributed by atoms with Crippen LogP contribution in [0.4, 0.5) is 9.52 Å². The number of nitrogens with one attached hydrogen (secondary N) is 2. The Morgan fingerprint density at radius 3 is 2.76 bits per heavy atom. The van der Waals surface area contributed by atoms with Gasteiger partial charge in [-0.25, -0.2) is 4.39 Å². The second kappa shape index (κ2) is 7.17. The van der Waals surface area contributed by atoms with Crippen LogP contribution in [0.15, 0.2) is 24.3 Å². The highest BCUT2D eigenvalue weighted by molar-refractivity contribution is 7.15. The Kier molecular flexibility index (Phi) is 4.76. The number of aromatic nitrogens is 2. The zero-order chi connectivity index (χ0) is 17.2. The zero-order valence-corrected chi connectivity index (χ0v) is 14.7. The Balaban J connectivity index is 1.31. The van der Waals surface area contributed by atoms with Crippen molar-refractivity contribution in [3.63, 3.8) is 0 Å². The number of halogens is 1. The average Bonchev–Trinajstić information content (AvgIpc) is 3.15. The molecule has 2 aliphatic heterocycles. The van der Waals surface area contributed by atoms with Crippen LogP contribution in [0.2, 0.25) is 0 Å². The van der Waals surface area contributed by atoms with Crippen LogP contribution in [-0.4, -0.2) is 28.2 Å². The van der Waals surface area contributed by atoms with Crippen molar-refractivity contribution in [1.29, 1.82) is 0 Å². The minimum atomic E-state index is -0.246. The third-order valence-electron chi connectivity index (χ3n) is 5.06. The fourth-order valence-corrected chi connectivity index (χ4v) is 4.73. The molecular formula is C18H21FN4OS. The van der Waals surface area contributed by atoms with Crippen LogP contribution in [0.5, 0.6) is 0 Å². The van der Waals surface area contributed by atoms with Crippen LogP contribution in [-0.2, 0) is 11.2 Å². The summed E-state index contributed by atoms with van der Waals surface area (Å²) in [5, 5.41) is 15.7. The maximum absolute atomic E-state index is 13.7. The quantitative estimate of drug-likeness (QED) is 0.860. The van der Waals surface area contributed by atoms with Gasteiger partial charge in [0, 0.05) is 24.9 Å². The molecule has 1 amide bonds. The van der Waals surface area contributed by atoms with Crippen molar-refractivity contribution >= 4 is 22.4 Å². The molecule has 2 saturated heterocycles. The predicted molar refractivity (Wildman–Crippen MR) is 95.0 cm³/mol. The largest absolute Gasteiger partial charge is 0.311 e. The predicted octanol–water partition coefficient (Wildman–Crippen LogP) is 3.13. The molecule has 132 valence electrons. The van der Waals surface area contributed by atoms with Gasteiger partial charge in [0.2, 0.25) is 11.0 Å². The van der Waals surface area contributed by atoms with Crippen molar-refractivity contribution < 1.29 is 9.18 Å². The lowest BCUT2D eigenvalue weighted by Gasteiger charge is -2.28. The van der Waals surface area contributed by atoms with Crippen molar-refractivity contribution in [1.82, 2.24) is 15.5 Å². The maximum Gasteiger partial charge on any atom is 0.226 e. The van der Waals surface area contributed by atoms with E-state index < -0.39 is 0 Å². The highest BCUT2D eigenvalue weighted by Crippen LogP contribution is 2.33. The van der Waals surface area contributed by atoms with Gasteiger partial charge in [-0.1, -0.05) is 29.5 Å². The van der Waals surface area contributed by atoms with Gasteiger partial charge in [-0.15, -0.1) is 10.2 Å². The van der Waals surface area contributed by atoms with E-state index in [9.17, 15) is 9.18 Å². The lowest BCUT2D eigenvalue weighted by atomic mass is 9.89. The summed E-state index contributed by atoms with van der Waals surface area (Å²) in [7, 11) is 0. The highest BCUT2D eigenvalue weighted by Gasteiger charge is 2.34. The van der Waals surface area contributed by atoms with Gasteiger partial charge in [-0.3, -0.25) is 4.79 Å². The van der Waals surface area contributed by atoms with Crippen LogP contribution < -0.4 is 10.6 Å². The van der Waals surface area contributed by atoms with E-state index in [4.69, 9.17) is 0 Å². The normalized spacial score (nSPS) is 25.1. The Hall–Kier alpha value is -1.86.